The van der Waals surface area contributed by atoms with Crippen molar-refractivity contribution in [2.24, 2.45) is 0 Å². The molecule has 0 aromatic heterocycles. The van der Waals surface area contributed by atoms with Crippen LogP contribution < -0.4 is 5.32 Å². The molecule has 0 aliphatic heterocycles. The van der Waals surface area contributed by atoms with Gasteiger partial charge in [0.1, 0.15) is 5.75 Å². The minimum Gasteiger partial charge on any atom is -0.506 e. The van der Waals surface area contributed by atoms with Crippen LogP contribution in [0.25, 0.3) is 0 Å². The number of anilines is 1. The first-order chi connectivity index (χ1) is 6.99. The number of nitrogens with one attached hydrogen (secondary N) is 1. The summed E-state index contributed by atoms with van der Waals surface area (Å²) >= 11 is 0. The molecule has 1 aromatic rings. The summed E-state index contributed by atoms with van der Waals surface area (Å²) in [5.74, 6) is -0.870. The summed E-state index contributed by atoms with van der Waals surface area (Å²) in [6.45, 7) is 0.968. The first-order valence-electron chi connectivity index (χ1n) is 4.20. The van der Waals surface area contributed by atoms with Crippen molar-refractivity contribution in [3.05, 3.63) is 33.9 Å². The van der Waals surface area contributed by atoms with Crippen LogP contribution in [0.3, 0.4) is 0 Å². The van der Waals surface area contributed by atoms with Crippen molar-refractivity contribution in [3.8, 4) is 5.75 Å². The van der Waals surface area contributed by atoms with Crippen LogP contribution >= 0.6 is 0 Å². The summed E-state index contributed by atoms with van der Waals surface area (Å²) in [7, 11) is 0. The molecule has 0 fully saturated rings. The fourth-order valence-corrected chi connectivity index (χ4v) is 1.05. The largest absolute Gasteiger partial charge is 0.506 e. The van der Waals surface area contributed by atoms with E-state index >= 15 is 0 Å². The number of hydrogen-bond donors (Lipinski definition) is 2. The summed E-state index contributed by atoms with van der Waals surface area (Å²) in [4.78, 5) is 20.3. The lowest BCUT2D eigenvalue weighted by molar-refractivity contribution is -0.467. The minimum absolute atomic E-state index is 0.105. The first-order valence-corrected chi connectivity index (χ1v) is 4.20. The van der Waals surface area contributed by atoms with E-state index in [1.165, 1.54) is 12.1 Å². The van der Waals surface area contributed by atoms with Crippen molar-refractivity contribution in [2.45, 2.75) is 6.92 Å². The fraction of sp³-hybridized carbons (Fsp3) is 0.222. The van der Waals surface area contributed by atoms with Crippen LogP contribution in [0.1, 0.15) is 5.56 Å². The maximum absolute atomic E-state index is 11.0. The van der Waals surface area contributed by atoms with Gasteiger partial charge in [-0.25, -0.2) is 0 Å². The highest BCUT2D eigenvalue weighted by atomic mass is 16.6. The van der Waals surface area contributed by atoms with Gasteiger partial charge in [-0.15, -0.1) is 0 Å². The van der Waals surface area contributed by atoms with E-state index in [1.807, 2.05) is 0 Å². The summed E-state index contributed by atoms with van der Waals surface area (Å²) in [6, 6.07) is 4.63. The molecule has 1 amide bonds. The third kappa shape index (κ3) is 3.26. The summed E-state index contributed by atoms with van der Waals surface area (Å²) < 4.78 is 0. The molecule has 6 nitrogen and oxygen atoms in total. The number of rotatable bonds is 3. The second kappa shape index (κ2) is 4.41. The number of phenolic OH excluding ortho intramolecular Hbond substituents is 1. The maximum atomic E-state index is 11.0. The standard InChI is InChI=1S/C9H10N2O4/c1-6-2-3-7(8(12)4-6)10-9(13)5-11(14)15/h2-4,12H,5H2,1H3,(H,10,13). The molecule has 0 saturated heterocycles. The Kier molecular flexibility index (Phi) is 3.22. The monoisotopic (exact) mass is 210 g/mol. The maximum Gasteiger partial charge on any atom is 0.296 e. The molecular weight excluding hydrogens is 200 g/mol. The highest BCUT2D eigenvalue weighted by Gasteiger charge is 2.11. The molecule has 0 radical (unpaired) electrons. The Bertz CT molecular complexity index is 403. The molecule has 0 bridgehead atoms. The Morgan fingerprint density at radius 2 is 2.27 bits per heavy atom. The lowest BCUT2D eigenvalue weighted by atomic mass is 10.2. The molecule has 6 heteroatoms. The zero-order chi connectivity index (χ0) is 11.4. The van der Waals surface area contributed by atoms with E-state index in [0.717, 1.165) is 5.56 Å². The minimum atomic E-state index is -0.812. The van der Waals surface area contributed by atoms with Crippen LogP contribution in [0.2, 0.25) is 0 Å². The number of benzene rings is 1. The molecule has 15 heavy (non-hydrogen) atoms. The van der Waals surface area contributed by atoms with E-state index in [2.05, 4.69) is 5.32 Å². The number of aromatic hydroxyl groups is 1. The van der Waals surface area contributed by atoms with E-state index < -0.39 is 17.4 Å². The number of carbonyl (C=O) groups excluding carboxylic acids is 1. The number of nitro groups is 1. The summed E-state index contributed by atoms with van der Waals surface area (Å²) in [5, 5.41) is 21.6. The highest BCUT2D eigenvalue weighted by Crippen LogP contribution is 2.23. The van der Waals surface area contributed by atoms with E-state index in [0.29, 0.717) is 0 Å². The quantitative estimate of drug-likeness (QED) is 0.440. The molecule has 0 spiro atoms. The Morgan fingerprint density at radius 3 is 2.80 bits per heavy atom. The molecule has 0 aliphatic carbocycles. The first kappa shape index (κ1) is 11.0. The van der Waals surface area contributed by atoms with Crippen molar-refractivity contribution in [3.63, 3.8) is 0 Å². The van der Waals surface area contributed by atoms with Crippen molar-refractivity contribution in [1.82, 2.24) is 0 Å². The third-order valence-electron chi connectivity index (χ3n) is 1.70. The van der Waals surface area contributed by atoms with Gasteiger partial charge >= 0.3 is 0 Å². The van der Waals surface area contributed by atoms with Gasteiger partial charge in [-0.05, 0) is 24.6 Å². The topological polar surface area (TPSA) is 92.5 Å². The van der Waals surface area contributed by atoms with E-state index in [9.17, 15) is 20.0 Å². The molecule has 2 N–H and O–H groups in total. The van der Waals surface area contributed by atoms with Gasteiger partial charge in [0.15, 0.2) is 0 Å². The van der Waals surface area contributed by atoms with Gasteiger partial charge in [0.2, 0.25) is 0 Å². The molecule has 0 atom stereocenters. The van der Waals surface area contributed by atoms with Crippen LogP contribution in [0.5, 0.6) is 5.75 Å². The summed E-state index contributed by atoms with van der Waals surface area (Å²) in [6.07, 6.45) is 0. The Morgan fingerprint density at radius 1 is 1.60 bits per heavy atom. The summed E-state index contributed by atoms with van der Waals surface area (Å²) in [5.41, 5.74) is 1.01. The van der Waals surface area contributed by atoms with E-state index in [1.54, 1.807) is 13.0 Å². The number of aryl methyl sites for hydroxylation is 1. The number of nitrogens with zero attached hydrogens (tertiary/aromatic N) is 1. The number of hydrogen-bond acceptors (Lipinski definition) is 4. The van der Waals surface area contributed by atoms with Gasteiger partial charge in [-0.3, -0.25) is 14.9 Å². The van der Waals surface area contributed by atoms with Gasteiger partial charge in [-0.2, -0.15) is 0 Å². The average molecular weight is 210 g/mol. The molecule has 1 aromatic carbocycles. The van der Waals surface area contributed by atoms with Crippen molar-refractivity contribution in [1.29, 1.82) is 0 Å². The zero-order valence-electron chi connectivity index (χ0n) is 8.06. The molecule has 80 valence electrons. The van der Waals surface area contributed by atoms with Crippen molar-refractivity contribution >= 4 is 11.6 Å². The van der Waals surface area contributed by atoms with Crippen LogP contribution in [-0.4, -0.2) is 22.5 Å². The SMILES string of the molecule is Cc1ccc(NC(=O)C[N+](=O)[O-])c(O)c1. The Balaban J connectivity index is 2.72. The van der Waals surface area contributed by atoms with E-state index in [4.69, 9.17) is 0 Å². The molecule has 0 heterocycles. The zero-order valence-corrected chi connectivity index (χ0v) is 8.06. The van der Waals surface area contributed by atoms with E-state index in [-0.39, 0.29) is 11.4 Å². The number of phenols is 1. The molecule has 0 aliphatic rings. The van der Waals surface area contributed by atoms with Gasteiger partial charge in [-0.1, -0.05) is 6.07 Å². The fourth-order valence-electron chi connectivity index (χ4n) is 1.05. The van der Waals surface area contributed by atoms with Crippen LogP contribution in [0.15, 0.2) is 18.2 Å². The van der Waals surface area contributed by atoms with Gasteiger partial charge in [0.25, 0.3) is 12.5 Å². The highest BCUT2D eigenvalue weighted by molar-refractivity contribution is 5.92. The smallest absolute Gasteiger partial charge is 0.296 e. The lowest BCUT2D eigenvalue weighted by Crippen LogP contribution is -2.21. The molecular formula is C9H10N2O4. The van der Waals surface area contributed by atoms with Crippen LogP contribution in [0.4, 0.5) is 5.69 Å². The molecule has 0 saturated carbocycles. The second-order valence-electron chi connectivity index (χ2n) is 3.06. The van der Waals surface area contributed by atoms with Crippen LogP contribution in [-0.2, 0) is 4.79 Å². The Hall–Kier alpha value is -2.11. The predicted octanol–water partition coefficient (Wildman–Crippen LogP) is 0.916. The second-order valence-corrected chi connectivity index (χ2v) is 3.06. The Labute approximate surface area is 85.7 Å². The van der Waals surface area contributed by atoms with Gasteiger partial charge < -0.3 is 10.4 Å². The normalized spacial score (nSPS) is 9.67. The van der Waals surface area contributed by atoms with Gasteiger partial charge in [0.05, 0.1) is 5.69 Å². The third-order valence-corrected chi connectivity index (χ3v) is 1.70. The molecule has 1 rings (SSSR count). The number of carbonyl (C=O) groups is 1. The predicted molar refractivity (Wildman–Crippen MR) is 53.3 cm³/mol. The van der Waals surface area contributed by atoms with Crippen LogP contribution in [0, 0.1) is 17.0 Å². The average Bonchev–Trinajstić information content (AvgIpc) is 2.08. The van der Waals surface area contributed by atoms with Crippen molar-refractivity contribution < 1.29 is 14.8 Å². The lowest BCUT2D eigenvalue weighted by Gasteiger charge is -2.05. The van der Waals surface area contributed by atoms with Gasteiger partial charge in [0, 0.05) is 4.92 Å². The van der Waals surface area contributed by atoms with Crippen molar-refractivity contribution in [2.75, 3.05) is 11.9 Å². The molecule has 0 unspecified atom stereocenters. The number of amides is 1.